The summed E-state index contributed by atoms with van der Waals surface area (Å²) in [5.41, 5.74) is 0.0556. The van der Waals surface area contributed by atoms with Gasteiger partial charge < -0.3 is 37.6 Å². The first-order valence-electron chi connectivity index (χ1n) is 14.5. The molecule has 0 spiro atoms. The molecule has 0 aromatic heterocycles. The van der Waals surface area contributed by atoms with Crippen molar-refractivity contribution in [1.82, 2.24) is 0 Å². The summed E-state index contributed by atoms with van der Waals surface area (Å²) in [6.07, 6.45) is -4.69. The van der Waals surface area contributed by atoms with Crippen molar-refractivity contribution < 1.29 is 56.9 Å². The Morgan fingerprint density at radius 3 is 2.02 bits per heavy atom. The third-order valence-corrected chi connectivity index (χ3v) is 11.9. The highest BCUT2D eigenvalue weighted by Crippen LogP contribution is 2.39. The molecular weight excluding hydrogens is 622 g/mol. The zero-order valence-corrected chi connectivity index (χ0v) is 28.1. The largest absolute Gasteiger partial charge is 0.509 e. The van der Waals surface area contributed by atoms with Crippen molar-refractivity contribution in [1.29, 1.82) is 0 Å². The lowest BCUT2D eigenvalue weighted by Gasteiger charge is -2.42. The van der Waals surface area contributed by atoms with Gasteiger partial charge in [-0.15, -0.1) is 0 Å². The van der Waals surface area contributed by atoms with Crippen LogP contribution in [0.2, 0.25) is 18.1 Å². The van der Waals surface area contributed by atoms with E-state index in [-0.39, 0.29) is 37.2 Å². The van der Waals surface area contributed by atoms with Gasteiger partial charge in [0.05, 0.1) is 11.5 Å². The van der Waals surface area contributed by atoms with Gasteiger partial charge in [0.2, 0.25) is 12.4 Å². The molecule has 14 nitrogen and oxygen atoms in total. The minimum atomic E-state index is -2.17. The standard InChI is InChI=1S/C31H43NO13Si/c1-10-15-38-27(33)25-20(4)24(44-29(34)39-16-11-2)26(45-30(35)40-17-12-3)28(43-25)42-23-14-13-21(18-22(23)32(36)37)19-41-46(8,9)31(5,6)7/h10-14,18,20,24-26,28H,1-3,15-17,19H2,4-9H3/t20-,24-,25-,26+,28+/m0/s1. The molecule has 0 amide bonds. The maximum absolute atomic E-state index is 13.0. The molecule has 0 aliphatic carbocycles. The third-order valence-electron chi connectivity index (χ3n) is 7.42. The smallest absolute Gasteiger partial charge is 0.460 e. The van der Waals surface area contributed by atoms with Gasteiger partial charge >= 0.3 is 24.0 Å². The Labute approximate surface area is 269 Å². The van der Waals surface area contributed by atoms with Gasteiger partial charge in [0.15, 0.2) is 26.3 Å². The number of nitro benzene ring substituents is 1. The number of hydrogen-bond donors (Lipinski definition) is 0. The van der Waals surface area contributed by atoms with E-state index in [2.05, 4.69) is 53.6 Å². The fourth-order valence-corrected chi connectivity index (χ4v) is 4.86. The van der Waals surface area contributed by atoms with Crippen molar-refractivity contribution >= 4 is 32.3 Å². The molecule has 1 aliphatic heterocycles. The Kier molecular flexibility index (Phi) is 14.0. The molecule has 1 aromatic carbocycles. The molecule has 254 valence electrons. The third kappa shape index (κ3) is 10.4. The molecular formula is C31H43NO13Si. The fourth-order valence-electron chi connectivity index (χ4n) is 3.90. The number of esters is 1. The number of nitro groups is 1. The second-order valence-corrected chi connectivity index (χ2v) is 16.6. The van der Waals surface area contributed by atoms with Gasteiger partial charge in [0.25, 0.3) is 0 Å². The van der Waals surface area contributed by atoms with Crippen molar-refractivity contribution in [2.75, 3.05) is 19.8 Å². The van der Waals surface area contributed by atoms with Crippen LogP contribution in [0.25, 0.3) is 0 Å². The lowest BCUT2D eigenvalue weighted by molar-refractivity contribution is -0.387. The quantitative estimate of drug-likeness (QED) is 0.0534. The van der Waals surface area contributed by atoms with Gasteiger partial charge in [-0.3, -0.25) is 10.1 Å². The number of nitrogens with zero attached hydrogens (tertiary/aromatic N) is 1. The number of ether oxygens (including phenoxy) is 7. The Morgan fingerprint density at radius 1 is 0.957 bits per heavy atom. The average molecular weight is 666 g/mol. The summed E-state index contributed by atoms with van der Waals surface area (Å²) < 4.78 is 44.0. The molecule has 0 radical (unpaired) electrons. The maximum atomic E-state index is 13.0. The highest BCUT2D eigenvalue weighted by Gasteiger charge is 2.53. The summed E-state index contributed by atoms with van der Waals surface area (Å²) in [7, 11) is -2.17. The van der Waals surface area contributed by atoms with E-state index >= 15 is 0 Å². The van der Waals surface area contributed by atoms with Crippen LogP contribution in [-0.4, -0.2) is 75.9 Å². The van der Waals surface area contributed by atoms with E-state index in [0.717, 1.165) is 0 Å². The molecule has 0 saturated carbocycles. The van der Waals surface area contributed by atoms with Crippen molar-refractivity contribution in [2.45, 2.75) is 77.0 Å². The molecule has 1 fully saturated rings. The predicted molar refractivity (Wildman–Crippen MR) is 168 cm³/mol. The summed E-state index contributed by atoms with van der Waals surface area (Å²) >= 11 is 0. The van der Waals surface area contributed by atoms with Gasteiger partial charge in [-0.2, -0.15) is 0 Å². The van der Waals surface area contributed by atoms with E-state index in [1.807, 2.05) is 0 Å². The first kappa shape index (κ1) is 38.0. The molecule has 46 heavy (non-hydrogen) atoms. The minimum Gasteiger partial charge on any atom is -0.460 e. The van der Waals surface area contributed by atoms with Gasteiger partial charge in [-0.05, 0) is 29.8 Å². The summed E-state index contributed by atoms with van der Waals surface area (Å²) in [6, 6.07) is 4.19. The number of carbonyl (C=O) groups is 3. The van der Waals surface area contributed by atoms with E-state index in [1.54, 1.807) is 6.07 Å². The van der Waals surface area contributed by atoms with Crippen LogP contribution in [0.15, 0.2) is 56.2 Å². The van der Waals surface area contributed by atoms with E-state index in [1.165, 1.54) is 37.3 Å². The van der Waals surface area contributed by atoms with E-state index in [0.29, 0.717) is 5.56 Å². The summed E-state index contributed by atoms with van der Waals surface area (Å²) in [4.78, 5) is 49.6. The van der Waals surface area contributed by atoms with Crippen LogP contribution in [0.3, 0.4) is 0 Å². The van der Waals surface area contributed by atoms with Gasteiger partial charge in [-0.1, -0.05) is 71.7 Å². The zero-order chi connectivity index (χ0) is 34.7. The van der Waals surface area contributed by atoms with Crippen LogP contribution in [0, 0.1) is 16.0 Å². The van der Waals surface area contributed by atoms with Crippen LogP contribution < -0.4 is 4.74 Å². The van der Waals surface area contributed by atoms with Gasteiger partial charge in [-0.25, -0.2) is 14.4 Å². The monoisotopic (exact) mass is 665 g/mol. The number of carbonyl (C=O) groups excluding carboxylic acids is 3. The number of benzene rings is 1. The van der Waals surface area contributed by atoms with Gasteiger partial charge in [0, 0.05) is 12.0 Å². The Hall–Kier alpha value is -4.21. The molecule has 5 atom stereocenters. The number of hydrogen-bond acceptors (Lipinski definition) is 13. The Balaban J connectivity index is 2.54. The molecule has 1 saturated heterocycles. The fraction of sp³-hybridized carbons (Fsp3) is 0.516. The SMILES string of the molecule is C=CCOC(=O)O[C@H]1[C@H](Oc2ccc(CO[Si](C)(C)C(C)(C)C)cc2[N+](=O)[O-])O[C@H](C(=O)OCC=C)[C@@H](C)[C@@H]1OC(=O)OCC=C. The molecule has 0 unspecified atom stereocenters. The van der Waals surface area contributed by atoms with E-state index in [4.69, 9.17) is 37.6 Å². The van der Waals surface area contributed by atoms with Crippen molar-refractivity contribution in [3.05, 3.63) is 71.8 Å². The zero-order valence-electron chi connectivity index (χ0n) is 27.1. The highest BCUT2D eigenvalue weighted by molar-refractivity contribution is 6.74. The summed E-state index contributed by atoms with van der Waals surface area (Å²) in [5, 5.41) is 12.1. The average Bonchev–Trinajstić information content (AvgIpc) is 2.99. The second kappa shape index (κ2) is 16.9. The Morgan fingerprint density at radius 2 is 1.50 bits per heavy atom. The lowest BCUT2D eigenvalue weighted by Crippen LogP contribution is -2.60. The predicted octanol–water partition coefficient (Wildman–Crippen LogP) is 6.00. The molecule has 2 rings (SSSR count). The van der Waals surface area contributed by atoms with Crippen molar-refractivity contribution in [3.8, 4) is 5.75 Å². The summed E-state index contributed by atoms with van der Waals surface area (Å²) in [6.45, 7) is 21.8. The van der Waals surface area contributed by atoms with E-state index in [9.17, 15) is 24.5 Å². The lowest BCUT2D eigenvalue weighted by atomic mass is 9.90. The first-order valence-corrected chi connectivity index (χ1v) is 17.4. The molecule has 15 heteroatoms. The highest BCUT2D eigenvalue weighted by atomic mass is 28.4. The second-order valence-electron chi connectivity index (χ2n) is 11.8. The summed E-state index contributed by atoms with van der Waals surface area (Å²) in [5.74, 6) is -2.18. The maximum Gasteiger partial charge on any atom is 0.509 e. The minimum absolute atomic E-state index is 0.0840. The molecule has 0 N–H and O–H groups in total. The Bertz CT molecular complexity index is 1280. The van der Waals surface area contributed by atoms with E-state index < -0.39 is 67.7 Å². The van der Waals surface area contributed by atoms with Crippen LogP contribution in [-0.2, 0) is 44.2 Å². The topological polar surface area (TPSA) is 168 Å². The molecule has 0 bridgehead atoms. The molecule has 1 aromatic rings. The van der Waals surface area contributed by atoms with Crippen molar-refractivity contribution in [3.63, 3.8) is 0 Å². The molecule has 1 aliphatic rings. The van der Waals surface area contributed by atoms with Crippen LogP contribution in [0.5, 0.6) is 5.75 Å². The van der Waals surface area contributed by atoms with Crippen LogP contribution in [0.1, 0.15) is 33.3 Å². The normalized spacial score (nSPS) is 21.2. The van der Waals surface area contributed by atoms with Crippen LogP contribution >= 0.6 is 0 Å². The molecule has 1 heterocycles. The van der Waals surface area contributed by atoms with Crippen molar-refractivity contribution in [2.24, 2.45) is 5.92 Å². The number of rotatable bonds is 15. The van der Waals surface area contributed by atoms with Gasteiger partial charge in [0.1, 0.15) is 19.8 Å². The first-order chi connectivity index (χ1) is 21.6. The van der Waals surface area contributed by atoms with Crippen LogP contribution in [0.4, 0.5) is 15.3 Å².